The van der Waals surface area contributed by atoms with E-state index in [0.29, 0.717) is 22.8 Å². The van der Waals surface area contributed by atoms with Crippen molar-refractivity contribution in [2.45, 2.75) is 6.92 Å². The number of rotatable bonds is 4. The standard InChI is InChI=1S/C18H16FN5O/c1-12-4-3-5-16(22-12)18(25)23-13-6-7-15(19)17(8-13)24(2)14-9-20-11-21-10-14/h3-11H,1-2H3,(H,23,25). The van der Waals surface area contributed by atoms with Gasteiger partial charge in [0.25, 0.3) is 5.91 Å². The van der Waals surface area contributed by atoms with E-state index >= 15 is 0 Å². The number of aryl methyl sites for hydroxylation is 1. The number of pyridine rings is 1. The summed E-state index contributed by atoms with van der Waals surface area (Å²) >= 11 is 0. The molecule has 7 heteroatoms. The average molecular weight is 337 g/mol. The molecule has 0 unspecified atom stereocenters. The van der Waals surface area contributed by atoms with Crippen molar-refractivity contribution in [2.75, 3.05) is 17.3 Å². The Morgan fingerprint density at radius 3 is 2.64 bits per heavy atom. The van der Waals surface area contributed by atoms with Gasteiger partial charge in [0.1, 0.15) is 17.8 Å². The topological polar surface area (TPSA) is 71.0 Å². The first kappa shape index (κ1) is 16.5. The minimum Gasteiger partial charge on any atom is -0.340 e. The zero-order chi connectivity index (χ0) is 17.8. The summed E-state index contributed by atoms with van der Waals surface area (Å²) in [5.74, 6) is -0.773. The van der Waals surface area contributed by atoms with Gasteiger partial charge in [-0.2, -0.15) is 0 Å². The van der Waals surface area contributed by atoms with Crippen molar-refractivity contribution in [1.82, 2.24) is 15.0 Å². The highest BCUT2D eigenvalue weighted by atomic mass is 19.1. The maximum absolute atomic E-state index is 14.2. The Morgan fingerprint density at radius 1 is 1.16 bits per heavy atom. The van der Waals surface area contributed by atoms with E-state index in [9.17, 15) is 9.18 Å². The number of hydrogen-bond donors (Lipinski definition) is 1. The van der Waals surface area contributed by atoms with E-state index in [0.717, 1.165) is 5.69 Å². The van der Waals surface area contributed by atoms with E-state index in [4.69, 9.17) is 0 Å². The normalized spacial score (nSPS) is 10.4. The molecule has 0 fully saturated rings. The predicted octanol–water partition coefficient (Wildman–Crippen LogP) is 3.34. The van der Waals surface area contributed by atoms with E-state index in [-0.39, 0.29) is 5.91 Å². The van der Waals surface area contributed by atoms with Gasteiger partial charge in [0, 0.05) is 18.4 Å². The fourth-order valence-electron chi connectivity index (χ4n) is 2.32. The molecule has 0 saturated heterocycles. The molecule has 126 valence electrons. The van der Waals surface area contributed by atoms with Crippen LogP contribution in [-0.4, -0.2) is 27.9 Å². The number of benzene rings is 1. The molecule has 0 spiro atoms. The maximum Gasteiger partial charge on any atom is 0.274 e. The second kappa shape index (κ2) is 7.04. The van der Waals surface area contributed by atoms with Crippen LogP contribution >= 0.6 is 0 Å². The Morgan fingerprint density at radius 2 is 1.92 bits per heavy atom. The molecule has 0 atom stereocenters. The van der Waals surface area contributed by atoms with Gasteiger partial charge in [-0.15, -0.1) is 0 Å². The van der Waals surface area contributed by atoms with E-state index in [2.05, 4.69) is 20.3 Å². The van der Waals surface area contributed by atoms with E-state index in [1.807, 2.05) is 13.0 Å². The Bertz CT molecular complexity index is 901. The van der Waals surface area contributed by atoms with Crippen molar-refractivity contribution in [3.63, 3.8) is 0 Å². The second-order valence-electron chi connectivity index (χ2n) is 5.44. The monoisotopic (exact) mass is 337 g/mol. The highest BCUT2D eigenvalue weighted by Gasteiger charge is 2.13. The van der Waals surface area contributed by atoms with Gasteiger partial charge in [-0.3, -0.25) is 4.79 Å². The third-order valence-electron chi connectivity index (χ3n) is 3.62. The lowest BCUT2D eigenvalue weighted by molar-refractivity contribution is 0.102. The van der Waals surface area contributed by atoms with Crippen LogP contribution in [0.15, 0.2) is 55.1 Å². The van der Waals surface area contributed by atoms with Crippen LogP contribution in [0.2, 0.25) is 0 Å². The van der Waals surface area contributed by atoms with Crippen LogP contribution in [0.1, 0.15) is 16.2 Å². The van der Waals surface area contributed by atoms with Crippen molar-refractivity contribution in [3.8, 4) is 0 Å². The molecule has 0 aliphatic heterocycles. The number of aromatic nitrogens is 3. The Hall–Kier alpha value is -3.35. The lowest BCUT2D eigenvalue weighted by Crippen LogP contribution is -2.16. The van der Waals surface area contributed by atoms with Crippen molar-refractivity contribution in [3.05, 3.63) is 72.3 Å². The summed E-state index contributed by atoms with van der Waals surface area (Å²) < 4.78 is 14.2. The SMILES string of the molecule is Cc1cccc(C(=O)Nc2ccc(F)c(N(C)c3cncnc3)c2)n1. The fraction of sp³-hybridized carbons (Fsp3) is 0.111. The summed E-state index contributed by atoms with van der Waals surface area (Å²) in [6.45, 7) is 1.81. The van der Waals surface area contributed by atoms with Crippen molar-refractivity contribution in [2.24, 2.45) is 0 Å². The lowest BCUT2D eigenvalue weighted by atomic mass is 10.2. The van der Waals surface area contributed by atoms with Crippen LogP contribution in [0, 0.1) is 12.7 Å². The largest absolute Gasteiger partial charge is 0.340 e. The van der Waals surface area contributed by atoms with Gasteiger partial charge in [0.15, 0.2) is 0 Å². The van der Waals surface area contributed by atoms with Crippen LogP contribution in [0.25, 0.3) is 0 Å². The van der Waals surface area contributed by atoms with Gasteiger partial charge in [-0.05, 0) is 37.3 Å². The lowest BCUT2D eigenvalue weighted by Gasteiger charge is -2.20. The first-order valence-electron chi connectivity index (χ1n) is 7.58. The minimum atomic E-state index is -0.418. The van der Waals surface area contributed by atoms with E-state index in [1.54, 1.807) is 42.5 Å². The Balaban J connectivity index is 1.85. The molecule has 0 saturated carbocycles. The number of nitrogens with zero attached hydrogens (tertiary/aromatic N) is 4. The first-order chi connectivity index (χ1) is 12.0. The van der Waals surface area contributed by atoms with Crippen molar-refractivity contribution < 1.29 is 9.18 Å². The Labute approximate surface area is 144 Å². The van der Waals surface area contributed by atoms with Gasteiger partial charge < -0.3 is 10.2 Å². The molecule has 1 N–H and O–H groups in total. The molecule has 1 amide bonds. The number of nitrogens with one attached hydrogen (secondary N) is 1. The molecule has 3 aromatic rings. The third-order valence-corrected chi connectivity index (χ3v) is 3.62. The van der Waals surface area contributed by atoms with E-state index < -0.39 is 5.82 Å². The number of carbonyl (C=O) groups excluding carboxylic acids is 1. The highest BCUT2D eigenvalue weighted by molar-refractivity contribution is 6.03. The Kier molecular flexibility index (Phi) is 4.65. The summed E-state index contributed by atoms with van der Waals surface area (Å²) in [6.07, 6.45) is 4.56. The van der Waals surface area contributed by atoms with Crippen LogP contribution in [0.3, 0.4) is 0 Å². The maximum atomic E-state index is 14.2. The number of carbonyl (C=O) groups is 1. The fourth-order valence-corrected chi connectivity index (χ4v) is 2.32. The zero-order valence-electron chi connectivity index (χ0n) is 13.8. The summed E-state index contributed by atoms with van der Waals surface area (Å²) in [7, 11) is 1.70. The molecular formula is C18H16FN5O. The van der Waals surface area contributed by atoms with Crippen LogP contribution in [0.5, 0.6) is 0 Å². The molecule has 25 heavy (non-hydrogen) atoms. The molecule has 0 bridgehead atoms. The molecule has 6 nitrogen and oxygen atoms in total. The predicted molar refractivity (Wildman–Crippen MR) is 93.4 cm³/mol. The average Bonchev–Trinajstić information content (AvgIpc) is 2.63. The van der Waals surface area contributed by atoms with Crippen LogP contribution in [0.4, 0.5) is 21.5 Å². The molecule has 0 aliphatic rings. The third kappa shape index (κ3) is 3.77. The molecule has 2 heterocycles. The van der Waals surface area contributed by atoms with Gasteiger partial charge >= 0.3 is 0 Å². The zero-order valence-corrected chi connectivity index (χ0v) is 13.8. The minimum absolute atomic E-state index is 0.296. The number of anilines is 3. The molecular weight excluding hydrogens is 321 g/mol. The van der Waals surface area contributed by atoms with Gasteiger partial charge in [0.05, 0.1) is 23.8 Å². The van der Waals surface area contributed by atoms with Gasteiger partial charge in [-0.25, -0.2) is 19.3 Å². The van der Waals surface area contributed by atoms with E-state index in [1.165, 1.54) is 18.5 Å². The van der Waals surface area contributed by atoms with Crippen molar-refractivity contribution in [1.29, 1.82) is 0 Å². The second-order valence-corrected chi connectivity index (χ2v) is 5.44. The first-order valence-corrected chi connectivity index (χ1v) is 7.58. The molecule has 1 aromatic carbocycles. The smallest absolute Gasteiger partial charge is 0.274 e. The van der Waals surface area contributed by atoms with Gasteiger partial charge in [0.2, 0.25) is 0 Å². The van der Waals surface area contributed by atoms with Gasteiger partial charge in [-0.1, -0.05) is 6.07 Å². The number of amides is 1. The van der Waals surface area contributed by atoms with Crippen molar-refractivity contribution >= 4 is 23.0 Å². The summed E-state index contributed by atoms with van der Waals surface area (Å²) in [5.41, 5.74) is 2.44. The number of halogens is 1. The van der Waals surface area contributed by atoms with Crippen LogP contribution in [-0.2, 0) is 0 Å². The summed E-state index contributed by atoms with van der Waals surface area (Å²) in [4.78, 5) is 25.9. The molecule has 0 aliphatic carbocycles. The molecule has 3 rings (SSSR count). The highest BCUT2D eigenvalue weighted by Crippen LogP contribution is 2.28. The summed E-state index contributed by atoms with van der Waals surface area (Å²) in [5, 5.41) is 2.73. The summed E-state index contributed by atoms with van der Waals surface area (Å²) in [6, 6.07) is 9.55. The quantitative estimate of drug-likeness (QED) is 0.790. The molecule has 0 radical (unpaired) electrons. The van der Waals surface area contributed by atoms with Crippen LogP contribution < -0.4 is 10.2 Å². The number of hydrogen-bond acceptors (Lipinski definition) is 5. The molecule has 2 aromatic heterocycles.